The number of hydrogen-bond donors (Lipinski definition) is 5. The van der Waals surface area contributed by atoms with Crippen LogP contribution >= 0.6 is 0 Å². The third kappa shape index (κ3) is 30.3. The van der Waals surface area contributed by atoms with Crippen molar-refractivity contribution in [3.63, 3.8) is 0 Å². The zero-order valence-electron chi connectivity index (χ0n) is 30.8. The Kier molecular flexibility index (Phi) is 34.7. The molecule has 276 valence electrons. The number of aliphatic hydroxyl groups is 4. The van der Waals surface area contributed by atoms with Crippen LogP contribution in [0.2, 0.25) is 0 Å². The molecule has 6 nitrogen and oxygen atoms in total. The SMILES string of the molecule is CCCCCC/C=C/CC/C=C/CC/C=C/CCCC(O)C(O)C(CO)NC(=O)C(O)CCCCCCCCCCCCCCCC. The van der Waals surface area contributed by atoms with Gasteiger partial charge >= 0.3 is 0 Å². The summed E-state index contributed by atoms with van der Waals surface area (Å²) in [6, 6.07) is -1.01. The Balaban J connectivity index is 3.88. The minimum atomic E-state index is -1.29. The summed E-state index contributed by atoms with van der Waals surface area (Å²) in [5, 5.41) is 43.5. The lowest BCUT2D eigenvalue weighted by Gasteiger charge is -2.27. The third-order valence-electron chi connectivity index (χ3n) is 9.06. The van der Waals surface area contributed by atoms with Gasteiger partial charge in [0.2, 0.25) is 5.91 Å². The first-order valence-corrected chi connectivity index (χ1v) is 19.9. The highest BCUT2D eigenvalue weighted by Gasteiger charge is 2.28. The molecule has 0 radical (unpaired) electrons. The van der Waals surface area contributed by atoms with Gasteiger partial charge in [0, 0.05) is 0 Å². The van der Waals surface area contributed by atoms with Crippen molar-refractivity contribution in [3.8, 4) is 0 Å². The molecule has 4 unspecified atom stereocenters. The molecule has 0 spiro atoms. The Labute approximate surface area is 290 Å². The molecule has 6 heteroatoms. The van der Waals surface area contributed by atoms with Crippen LogP contribution in [-0.4, -0.2) is 57.3 Å². The fraction of sp³-hybridized carbons (Fsp3) is 0.829. The minimum Gasteiger partial charge on any atom is -0.394 e. The Morgan fingerprint density at radius 3 is 1.34 bits per heavy atom. The average Bonchev–Trinajstić information content (AvgIpc) is 3.07. The molecule has 0 aromatic heterocycles. The summed E-state index contributed by atoms with van der Waals surface area (Å²) in [4.78, 5) is 12.4. The number of carbonyl (C=O) groups is 1. The second kappa shape index (κ2) is 35.8. The van der Waals surface area contributed by atoms with E-state index in [2.05, 4.69) is 55.6 Å². The predicted octanol–water partition coefficient (Wildman–Crippen LogP) is 9.79. The van der Waals surface area contributed by atoms with Crippen molar-refractivity contribution < 1.29 is 25.2 Å². The second-order valence-corrected chi connectivity index (χ2v) is 13.6. The number of hydrogen-bond acceptors (Lipinski definition) is 5. The fourth-order valence-electron chi connectivity index (χ4n) is 5.85. The summed E-state index contributed by atoms with van der Waals surface area (Å²) in [6.45, 7) is 4.00. The van der Waals surface area contributed by atoms with E-state index in [4.69, 9.17) is 0 Å². The number of aliphatic hydroxyl groups excluding tert-OH is 4. The minimum absolute atomic E-state index is 0.361. The number of allylic oxidation sites excluding steroid dienone is 6. The van der Waals surface area contributed by atoms with Crippen LogP contribution in [0.5, 0.6) is 0 Å². The van der Waals surface area contributed by atoms with Gasteiger partial charge in [-0.05, 0) is 64.2 Å². The Bertz CT molecular complexity index is 752. The van der Waals surface area contributed by atoms with Gasteiger partial charge in [-0.25, -0.2) is 0 Å². The van der Waals surface area contributed by atoms with Gasteiger partial charge in [0.05, 0.1) is 18.8 Å². The number of rotatable bonds is 35. The first kappa shape index (κ1) is 45.5. The maximum absolute atomic E-state index is 12.4. The van der Waals surface area contributed by atoms with Crippen LogP contribution in [0.25, 0.3) is 0 Å². The number of unbranched alkanes of at least 4 members (excludes halogenated alkanes) is 20. The van der Waals surface area contributed by atoms with Crippen molar-refractivity contribution in [1.29, 1.82) is 0 Å². The van der Waals surface area contributed by atoms with E-state index in [1.807, 2.05) is 0 Å². The molecule has 0 aliphatic carbocycles. The summed E-state index contributed by atoms with van der Waals surface area (Å²) >= 11 is 0. The molecule has 0 bridgehead atoms. The van der Waals surface area contributed by atoms with Gasteiger partial charge in [-0.3, -0.25) is 4.79 Å². The lowest BCUT2D eigenvalue weighted by Crippen LogP contribution is -2.53. The lowest BCUT2D eigenvalue weighted by molar-refractivity contribution is -0.132. The highest BCUT2D eigenvalue weighted by Crippen LogP contribution is 2.15. The van der Waals surface area contributed by atoms with Gasteiger partial charge in [-0.1, -0.05) is 159 Å². The average molecular weight is 664 g/mol. The van der Waals surface area contributed by atoms with E-state index in [0.29, 0.717) is 19.3 Å². The molecule has 0 aromatic rings. The Morgan fingerprint density at radius 2 is 0.894 bits per heavy atom. The van der Waals surface area contributed by atoms with Crippen molar-refractivity contribution in [2.24, 2.45) is 0 Å². The van der Waals surface area contributed by atoms with Crippen LogP contribution in [0.15, 0.2) is 36.5 Å². The molecule has 0 heterocycles. The van der Waals surface area contributed by atoms with Crippen LogP contribution in [-0.2, 0) is 4.79 Å². The Morgan fingerprint density at radius 1 is 0.511 bits per heavy atom. The molecular weight excluding hydrogens is 586 g/mol. The van der Waals surface area contributed by atoms with Crippen LogP contribution in [0, 0.1) is 0 Å². The van der Waals surface area contributed by atoms with Crippen molar-refractivity contribution in [3.05, 3.63) is 36.5 Å². The lowest BCUT2D eigenvalue weighted by atomic mass is 10.00. The van der Waals surface area contributed by atoms with Gasteiger partial charge in [0.1, 0.15) is 12.2 Å². The van der Waals surface area contributed by atoms with E-state index in [9.17, 15) is 25.2 Å². The zero-order valence-corrected chi connectivity index (χ0v) is 30.8. The van der Waals surface area contributed by atoms with Crippen molar-refractivity contribution in [2.75, 3.05) is 6.61 Å². The molecule has 0 aromatic carbocycles. The third-order valence-corrected chi connectivity index (χ3v) is 9.06. The largest absolute Gasteiger partial charge is 0.394 e. The molecule has 5 N–H and O–H groups in total. The van der Waals surface area contributed by atoms with E-state index in [1.54, 1.807) is 0 Å². The second-order valence-electron chi connectivity index (χ2n) is 13.6. The molecule has 47 heavy (non-hydrogen) atoms. The highest BCUT2D eigenvalue weighted by molar-refractivity contribution is 5.80. The molecule has 0 aliphatic rings. The van der Waals surface area contributed by atoms with E-state index < -0.39 is 36.9 Å². The van der Waals surface area contributed by atoms with E-state index in [-0.39, 0.29) is 0 Å². The molecule has 0 fully saturated rings. The normalized spacial score (nSPS) is 14.8. The van der Waals surface area contributed by atoms with Crippen LogP contribution in [0.3, 0.4) is 0 Å². The molecule has 0 rings (SSSR count). The standard InChI is InChI=1S/C41H77NO5/c1-3-5-7-9-11-13-15-17-19-20-21-23-24-26-28-30-32-34-38(44)40(46)37(36-43)42-41(47)39(45)35-33-31-29-27-25-22-18-16-14-12-10-8-6-4-2/h13,15,20-21,26,28,37-40,43-46H,3-12,14,16-19,22-25,27,29-36H2,1-2H3,(H,42,47)/b15-13+,21-20+,28-26+. The molecule has 1 amide bonds. The van der Waals surface area contributed by atoms with Gasteiger partial charge in [-0.15, -0.1) is 0 Å². The van der Waals surface area contributed by atoms with Crippen molar-refractivity contribution >= 4 is 5.91 Å². The first-order chi connectivity index (χ1) is 23.0. The number of nitrogens with one attached hydrogen (secondary N) is 1. The van der Waals surface area contributed by atoms with Crippen LogP contribution in [0.4, 0.5) is 0 Å². The summed E-state index contributed by atoms with van der Waals surface area (Å²) in [5.41, 5.74) is 0. The molecule has 0 saturated carbocycles. The predicted molar refractivity (Wildman–Crippen MR) is 200 cm³/mol. The van der Waals surface area contributed by atoms with Gasteiger partial charge in [-0.2, -0.15) is 0 Å². The first-order valence-electron chi connectivity index (χ1n) is 19.9. The topological polar surface area (TPSA) is 110 Å². The van der Waals surface area contributed by atoms with Crippen molar-refractivity contribution in [2.45, 2.75) is 212 Å². The molecule has 0 aliphatic heterocycles. The fourth-order valence-corrected chi connectivity index (χ4v) is 5.85. The van der Waals surface area contributed by atoms with Gasteiger partial charge < -0.3 is 25.7 Å². The highest BCUT2D eigenvalue weighted by atomic mass is 16.3. The maximum atomic E-state index is 12.4. The van der Waals surface area contributed by atoms with Crippen molar-refractivity contribution in [1.82, 2.24) is 5.32 Å². The zero-order chi connectivity index (χ0) is 34.6. The molecule has 0 saturated heterocycles. The summed E-state index contributed by atoms with van der Waals surface area (Å²) in [5.74, 6) is -0.601. The monoisotopic (exact) mass is 664 g/mol. The van der Waals surface area contributed by atoms with E-state index >= 15 is 0 Å². The summed E-state index contributed by atoms with van der Waals surface area (Å²) < 4.78 is 0. The number of carbonyl (C=O) groups excluding carboxylic acids is 1. The maximum Gasteiger partial charge on any atom is 0.249 e. The molecule has 4 atom stereocenters. The van der Waals surface area contributed by atoms with E-state index in [0.717, 1.165) is 51.4 Å². The molecular formula is C41H77NO5. The smallest absolute Gasteiger partial charge is 0.249 e. The van der Waals surface area contributed by atoms with Gasteiger partial charge in [0.15, 0.2) is 0 Å². The quantitative estimate of drug-likeness (QED) is 0.0343. The van der Waals surface area contributed by atoms with Crippen LogP contribution < -0.4 is 5.32 Å². The summed E-state index contributed by atoms with van der Waals surface area (Å²) in [6.07, 6.45) is 40.2. The van der Waals surface area contributed by atoms with E-state index in [1.165, 1.54) is 103 Å². The summed E-state index contributed by atoms with van der Waals surface area (Å²) in [7, 11) is 0. The Hall–Kier alpha value is -1.47. The van der Waals surface area contributed by atoms with Gasteiger partial charge in [0.25, 0.3) is 0 Å². The van der Waals surface area contributed by atoms with Crippen LogP contribution in [0.1, 0.15) is 187 Å². The number of amides is 1.